The average Bonchev–Trinajstić information content (AvgIpc) is 2.87. The van der Waals surface area contributed by atoms with Crippen molar-refractivity contribution in [3.63, 3.8) is 0 Å². The minimum atomic E-state index is 0.636. The molecule has 0 aliphatic carbocycles. The van der Waals surface area contributed by atoms with Crippen molar-refractivity contribution in [1.29, 1.82) is 0 Å². The molecule has 3 aromatic rings. The number of aromatic nitrogens is 4. The molecule has 3 heterocycles. The van der Waals surface area contributed by atoms with Crippen molar-refractivity contribution in [1.82, 2.24) is 19.9 Å². The molecule has 1 N–H and O–H groups in total. The number of nitrogens with zero attached hydrogens (tertiary/aromatic N) is 4. The fourth-order valence-electron chi connectivity index (χ4n) is 1.85. The van der Waals surface area contributed by atoms with Crippen molar-refractivity contribution < 1.29 is 0 Å². The summed E-state index contributed by atoms with van der Waals surface area (Å²) in [7, 11) is 0. The summed E-state index contributed by atoms with van der Waals surface area (Å²) in [4.78, 5) is 18.6. The van der Waals surface area contributed by atoms with E-state index in [1.807, 2.05) is 24.4 Å². The third-order valence-corrected chi connectivity index (χ3v) is 3.48. The van der Waals surface area contributed by atoms with Gasteiger partial charge in [0.25, 0.3) is 0 Å². The highest BCUT2D eigenvalue weighted by Crippen LogP contribution is 2.27. The third kappa shape index (κ3) is 2.26. The lowest BCUT2D eigenvalue weighted by Crippen LogP contribution is -2.03. The number of fused-ring (bicyclic) bond motifs is 1. The van der Waals surface area contributed by atoms with Crippen molar-refractivity contribution in [3.8, 4) is 11.5 Å². The van der Waals surface area contributed by atoms with Gasteiger partial charge in [-0.25, -0.2) is 19.9 Å². The molecule has 3 aromatic heterocycles. The minimum absolute atomic E-state index is 0.636. The van der Waals surface area contributed by atoms with Crippen molar-refractivity contribution in [2.75, 3.05) is 11.9 Å². The molecule has 0 unspecified atom stereocenters. The zero-order valence-electron chi connectivity index (χ0n) is 10.7. The zero-order valence-corrected chi connectivity index (χ0v) is 11.5. The third-order valence-electron chi connectivity index (χ3n) is 2.67. The van der Waals surface area contributed by atoms with Gasteiger partial charge in [0.1, 0.15) is 22.2 Å². The number of aryl methyl sites for hydroxylation is 1. The first-order valence-electron chi connectivity index (χ1n) is 6.07. The standard InChI is InChI=1S/C13H13N5S/c1-3-14-11-9-5-7-19-13(9)18-12(17-11)10-4-6-15-8(2)16-10/h4-7H,3H2,1-2H3,(H,14,17,18). The van der Waals surface area contributed by atoms with Crippen LogP contribution in [-0.2, 0) is 0 Å². The van der Waals surface area contributed by atoms with Gasteiger partial charge < -0.3 is 5.32 Å². The van der Waals surface area contributed by atoms with E-state index in [1.165, 1.54) is 0 Å². The van der Waals surface area contributed by atoms with Gasteiger partial charge in [-0.3, -0.25) is 0 Å². The normalized spacial score (nSPS) is 10.8. The second-order valence-corrected chi connectivity index (χ2v) is 4.95. The van der Waals surface area contributed by atoms with Crippen LogP contribution in [0.2, 0.25) is 0 Å². The topological polar surface area (TPSA) is 63.6 Å². The molecule has 0 amide bonds. The first-order chi connectivity index (χ1) is 9.28. The minimum Gasteiger partial charge on any atom is -0.370 e. The van der Waals surface area contributed by atoms with E-state index in [0.717, 1.165) is 34.1 Å². The van der Waals surface area contributed by atoms with E-state index in [1.54, 1.807) is 17.5 Å². The smallest absolute Gasteiger partial charge is 0.181 e. The number of anilines is 1. The van der Waals surface area contributed by atoms with Gasteiger partial charge in [-0.15, -0.1) is 11.3 Å². The molecule has 19 heavy (non-hydrogen) atoms. The van der Waals surface area contributed by atoms with Crippen LogP contribution in [0, 0.1) is 6.92 Å². The van der Waals surface area contributed by atoms with Crippen molar-refractivity contribution in [2.24, 2.45) is 0 Å². The Balaban J connectivity index is 2.18. The first-order valence-corrected chi connectivity index (χ1v) is 6.95. The second kappa shape index (κ2) is 4.89. The summed E-state index contributed by atoms with van der Waals surface area (Å²) in [6.45, 7) is 4.73. The average molecular weight is 271 g/mol. The Hall–Kier alpha value is -2.08. The van der Waals surface area contributed by atoms with Crippen LogP contribution < -0.4 is 5.32 Å². The number of hydrogen-bond acceptors (Lipinski definition) is 6. The molecule has 0 bridgehead atoms. The Morgan fingerprint density at radius 1 is 1.21 bits per heavy atom. The molecule has 0 spiro atoms. The maximum atomic E-state index is 4.57. The van der Waals surface area contributed by atoms with Crippen molar-refractivity contribution in [2.45, 2.75) is 13.8 Å². The lowest BCUT2D eigenvalue weighted by Gasteiger charge is -2.06. The van der Waals surface area contributed by atoms with E-state index in [2.05, 4.69) is 32.2 Å². The number of thiophene rings is 1. The van der Waals surface area contributed by atoms with E-state index < -0.39 is 0 Å². The van der Waals surface area contributed by atoms with Crippen LogP contribution in [0.1, 0.15) is 12.7 Å². The van der Waals surface area contributed by atoms with Gasteiger partial charge in [-0.2, -0.15) is 0 Å². The molecule has 0 radical (unpaired) electrons. The molecule has 96 valence electrons. The maximum Gasteiger partial charge on any atom is 0.181 e. The Morgan fingerprint density at radius 2 is 2.11 bits per heavy atom. The van der Waals surface area contributed by atoms with Crippen LogP contribution in [0.4, 0.5) is 5.82 Å². The quantitative estimate of drug-likeness (QED) is 0.793. The van der Waals surface area contributed by atoms with E-state index >= 15 is 0 Å². The summed E-state index contributed by atoms with van der Waals surface area (Å²) >= 11 is 1.61. The molecule has 0 aliphatic rings. The molecular weight excluding hydrogens is 258 g/mol. The summed E-state index contributed by atoms with van der Waals surface area (Å²) in [5, 5.41) is 6.35. The van der Waals surface area contributed by atoms with Gasteiger partial charge in [0.05, 0.1) is 5.39 Å². The first kappa shape index (κ1) is 12.0. The van der Waals surface area contributed by atoms with Gasteiger partial charge in [0.2, 0.25) is 0 Å². The summed E-state index contributed by atoms with van der Waals surface area (Å²) < 4.78 is 0. The summed E-state index contributed by atoms with van der Waals surface area (Å²) in [6, 6.07) is 3.87. The van der Waals surface area contributed by atoms with Gasteiger partial charge >= 0.3 is 0 Å². The predicted octanol–water partition coefficient (Wildman–Crippen LogP) is 2.89. The summed E-state index contributed by atoms with van der Waals surface area (Å²) in [5.41, 5.74) is 0.752. The fourth-order valence-corrected chi connectivity index (χ4v) is 2.62. The Morgan fingerprint density at radius 3 is 2.89 bits per heavy atom. The van der Waals surface area contributed by atoms with E-state index in [4.69, 9.17) is 0 Å². The zero-order chi connectivity index (χ0) is 13.2. The number of nitrogens with one attached hydrogen (secondary N) is 1. The molecule has 6 heteroatoms. The summed E-state index contributed by atoms with van der Waals surface area (Å²) in [5.74, 6) is 2.22. The Kier molecular flexibility index (Phi) is 3.08. The van der Waals surface area contributed by atoms with Crippen molar-refractivity contribution in [3.05, 3.63) is 29.5 Å². The second-order valence-electron chi connectivity index (χ2n) is 4.05. The van der Waals surface area contributed by atoms with E-state index in [0.29, 0.717) is 5.82 Å². The summed E-state index contributed by atoms with van der Waals surface area (Å²) in [6.07, 6.45) is 1.73. The lowest BCUT2D eigenvalue weighted by atomic mass is 10.3. The van der Waals surface area contributed by atoms with Crippen molar-refractivity contribution >= 4 is 27.4 Å². The van der Waals surface area contributed by atoms with Gasteiger partial charge in [-0.1, -0.05) is 0 Å². The molecule has 0 saturated carbocycles. The molecular formula is C13H13N5S. The molecule has 3 rings (SSSR count). The van der Waals surface area contributed by atoms with Crippen LogP contribution >= 0.6 is 11.3 Å². The van der Waals surface area contributed by atoms with Crippen LogP contribution in [0.15, 0.2) is 23.7 Å². The molecule has 0 fully saturated rings. The molecule has 0 saturated heterocycles. The van der Waals surface area contributed by atoms with Gasteiger partial charge in [0, 0.05) is 12.7 Å². The van der Waals surface area contributed by atoms with E-state index in [9.17, 15) is 0 Å². The monoisotopic (exact) mass is 271 g/mol. The predicted molar refractivity (Wildman–Crippen MR) is 77.3 cm³/mol. The van der Waals surface area contributed by atoms with Crippen LogP contribution in [0.5, 0.6) is 0 Å². The van der Waals surface area contributed by atoms with Crippen LogP contribution in [-0.4, -0.2) is 26.5 Å². The highest BCUT2D eigenvalue weighted by Gasteiger charge is 2.11. The van der Waals surface area contributed by atoms with Crippen LogP contribution in [0.3, 0.4) is 0 Å². The van der Waals surface area contributed by atoms with Gasteiger partial charge in [0.15, 0.2) is 5.82 Å². The highest BCUT2D eigenvalue weighted by atomic mass is 32.1. The maximum absolute atomic E-state index is 4.57. The number of rotatable bonds is 3. The molecule has 0 atom stereocenters. The number of hydrogen-bond donors (Lipinski definition) is 1. The Bertz CT molecular complexity index is 722. The molecule has 0 aliphatic heterocycles. The SMILES string of the molecule is CCNc1nc(-c2ccnc(C)n2)nc2sccc12. The highest BCUT2D eigenvalue weighted by molar-refractivity contribution is 7.16. The Labute approximate surface area is 114 Å². The lowest BCUT2D eigenvalue weighted by molar-refractivity contribution is 1.04. The molecule has 0 aromatic carbocycles. The van der Waals surface area contributed by atoms with E-state index in [-0.39, 0.29) is 0 Å². The van der Waals surface area contributed by atoms with Crippen LogP contribution in [0.25, 0.3) is 21.7 Å². The largest absolute Gasteiger partial charge is 0.370 e. The fraction of sp³-hybridized carbons (Fsp3) is 0.231. The van der Waals surface area contributed by atoms with Gasteiger partial charge in [-0.05, 0) is 31.4 Å². The molecule has 5 nitrogen and oxygen atoms in total.